The molecule has 4 aromatic rings. The molecule has 2 aromatic carbocycles. The van der Waals surface area contributed by atoms with Gasteiger partial charge in [-0.2, -0.15) is 0 Å². The minimum absolute atomic E-state index is 0.111. The molecule has 0 amide bonds. The zero-order valence-electron chi connectivity index (χ0n) is 17.2. The van der Waals surface area contributed by atoms with E-state index >= 15 is 0 Å². The standard InChI is InChI=1S/C27H22O5/c28-21-11-5-19(6-12-21)9-15-23(25-3-1-17-31-25)27(30)24(26-4-2-18-32-26)16-10-20-7-13-22(29)14-8-20/h1-18,23-24,28-29H/b15-9+,16-10+. The van der Waals surface area contributed by atoms with Crippen LogP contribution >= 0.6 is 0 Å². The van der Waals surface area contributed by atoms with Gasteiger partial charge in [-0.05, 0) is 59.7 Å². The lowest BCUT2D eigenvalue weighted by atomic mass is 9.88. The van der Waals surface area contributed by atoms with Gasteiger partial charge in [-0.15, -0.1) is 0 Å². The molecule has 0 spiro atoms. The van der Waals surface area contributed by atoms with Crippen molar-refractivity contribution in [2.75, 3.05) is 0 Å². The normalized spacial score (nSPS) is 13.5. The molecule has 2 unspecified atom stereocenters. The predicted octanol–water partition coefficient (Wildman–Crippen LogP) is 6.15. The van der Waals surface area contributed by atoms with Crippen LogP contribution in [0.3, 0.4) is 0 Å². The number of carbonyl (C=O) groups is 1. The minimum Gasteiger partial charge on any atom is -0.508 e. The molecule has 0 radical (unpaired) electrons. The Morgan fingerprint density at radius 1 is 0.656 bits per heavy atom. The Morgan fingerprint density at radius 3 is 1.41 bits per heavy atom. The van der Waals surface area contributed by atoms with E-state index in [4.69, 9.17) is 8.83 Å². The highest BCUT2D eigenvalue weighted by Gasteiger charge is 2.29. The van der Waals surface area contributed by atoms with Gasteiger partial charge in [0.1, 0.15) is 23.0 Å². The molecule has 0 saturated heterocycles. The van der Waals surface area contributed by atoms with Crippen LogP contribution in [0.1, 0.15) is 34.5 Å². The van der Waals surface area contributed by atoms with Crippen LogP contribution in [0.2, 0.25) is 0 Å². The molecule has 2 N–H and O–H groups in total. The largest absolute Gasteiger partial charge is 0.508 e. The van der Waals surface area contributed by atoms with E-state index in [0.717, 1.165) is 11.1 Å². The predicted molar refractivity (Wildman–Crippen MR) is 122 cm³/mol. The number of carbonyl (C=O) groups excluding carboxylic acids is 1. The van der Waals surface area contributed by atoms with Gasteiger partial charge in [0.2, 0.25) is 0 Å². The maximum Gasteiger partial charge on any atom is 0.161 e. The maximum absolute atomic E-state index is 13.7. The summed E-state index contributed by atoms with van der Waals surface area (Å²) in [7, 11) is 0. The highest BCUT2D eigenvalue weighted by atomic mass is 16.3. The van der Waals surface area contributed by atoms with Gasteiger partial charge in [0.25, 0.3) is 0 Å². The van der Waals surface area contributed by atoms with Gasteiger partial charge < -0.3 is 19.0 Å². The number of Topliss-reactive ketones (excluding diaryl/α,β-unsaturated/α-hetero) is 1. The number of furan rings is 2. The number of aromatic hydroxyl groups is 2. The second kappa shape index (κ2) is 9.71. The molecule has 0 fully saturated rings. The first-order chi connectivity index (χ1) is 15.6. The molecule has 0 saturated carbocycles. The van der Waals surface area contributed by atoms with Crippen LogP contribution in [0.4, 0.5) is 0 Å². The van der Waals surface area contributed by atoms with E-state index in [0.29, 0.717) is 11.5 Å². The van der Waals surface area contributed by atoms with Crippen molar-refractivity contribution >= 4 is 17.9 Å². The van der Waals surface area contributed by atoms with E-state index in [1.807, 2.05) is 12.2 Å². The first-order valence-corrected chi connectivity index (χ1v) is 10.1. The van der Waals surface area contributed by atoms with Gasteiger partial charge in [0, 0.05) is 0 Å². The summed E-state index contributed by atoms with van der Waals surface area (Å²) in [6.45, 7) is 0. The van der Waals surface area contributed by atoms with E-state index in [2.05, 4.69) is 0 Å². The van der Waals surface area contributed by atoms with Crippen LogP contribution in [0.15, 0.2) is 106 Å². The average Bonchev–Trinajstić information content (AvgIpc) is 3.52. The quantitative estimate of drug-likeness (QED) is 0.353. The lowest BCUT2D eigenvalue weighted by Crippen LogP contribution is -2.17. The van der Waals surface area contributed by atoms with Gasteiger partial charge >= 0.3 is 0 Å². The summed E-state index contributed by atoms with van der Waals surface area (Å²) < 4.78 is 11.1. The van der Waals surface area contributed by atoms with Gasteiger partial charge in [-0.1, -0.05) is 48.6 Å². The van der Waals surface area contributed by atoms with Crippen LogP contribution in [0, 0.1) is 0 Å². The Labute approximate surface area is 185 Å². The molecule has 5 nitrogen and oxygen atoms in total. The third kappa shape index (κ3) is 5.08. The first-order valence-electron chi connectivity index (χ1n) is 10.1. The molecule has 2 aromatic heterocycles. The number of benzene rings is 2. The van der Waals surface area contributed by atoms with Crippen molar-refractivity contribution in [2.45, 2.75) is 11.8 Å². The molecule has 0 aliphatic carbocycles. The summed E-state index contributed by atoms with van der Waals surface area (Å²) in [6, 6.07) is 20.5. The fourth-order valence-corrected chi connectivity index (χ4v) is 3.38. The van der Waals surface area contributed by atoms with E-state index in [1.54, 1.807) is 84.9 Å². The number of ketones is 1. The number of allylic oxidation sites excluding steroid dienone is 2. The van der Waals surface area contributed by atoms with Crippen molar-refractivity contribution in [1.82, 2.24) is 0 Å². The van der Waals surface area contributed by atoms with Gasteiger partial charge in [0.05, 0.1) is 24.4 Å². The second-order valence-electron chi connectivity index (χ2n) is 7.29. The van der Waals surface area contributed by atoms with Crippen molar-refractivity contribution in [3.63, 3.8) is 0 Å². The van der Waals surface area contributed by atoms with Crippen LogP contribution < -0.4 is 0 Å². The summed E-state index contributed by atoms with van der Waals surface area (Å²) in [4.78, 5) is 13.7. The molecule has 0 bridgehead atoms. The van der Waals surface area contributed by atoms with Crippen molar-refractivity contribution in [1.29, 1.82) is 0 Å². The highest BCUT2D eigenvalue weighted by Crippen LogP contribution is 2.31. The average molecular weight is 426 g/mol. The molecular formula is C27H22O5. The molecule has 160 valence electrons. The molecule has 32 heavy (non-hydrogen) atoms. The maximum atomic E-state index is 13.7. The van der Waals surface area contributed by atoms with Gasteiger partial charge in [-0.25, -0.2) is 0 Å². The van der Waals surface area contributed by atoms with E-state index in [-0.39, 0.29) is 17.3 Å². The lowest BCUT2D eigenvalue weighted by Gasteiger charge is -2.15. The number of hydrogen-bond acceptors (Lipinski definition) is 5. The molecule has 2 heterocycles. The van der Waals surface area contributed by atoms with E-state index < -0.39 is 11.8 Å². The number of phenolic OH excluding ortho intramolecular Hbond substituents is 2. The van der Waals surface area contributed by atoms with Crippen LogP contribution in [0.25, 0.3) is 12.2 Å². The van der Waals surface area contributed by atoms with E-state index in [1.165, 1.54) is 12.5 Å². The summed E-state index contributed by atoms with van der Waals surface area (Å²) >= 11 is 0. The second-order valence-corrected chi connectivity index (χ2v) is 7.29. The number of rotatable bonds is 8. The molecular weight excluding hydrogens is 404 g/mol. The zero-order valence-corrected chi connectivity index (χ0v) is 17.2. The van der Waals surface area contributed by atoms with Crippen LogP contribution in [-0.2, 0) is 4.79 Å². The third-order valence-corrected chi connectivity index (χ3v) is 5.06. The molecule has 5 heteroatoms. The highest BCUT2D eigenvalue weighted by molar-refractivity contribution is 5.95. The topological polar surface area (TPSA) is 83.8 Å². The SMILES string of the molecule is O=C(C(/C=C/c1ccc(O)cc1)c1ccco1)C(/C=C/c1ccc(O)cc1)c1ccco1. The Hall–Kier alpha value is -4.25. The molecule has 0 aliphatic rings. The van der Waals surface area contributed by atoms with Crippen molar-refractivity contribution in [2.24, 2.45) is 0 Å². The lowest BCUT2D eigenvalue weighted by molar-refractivity contribution is -0.120. The van der Waals surface area contributed by atoms with Crippen molar-refractivity contribution < 1.29 is 23.8 Å². The van der Waals surface area contributed by atoms with E-state index in [9.17, 15) is 15.0 Å². The van der Waals surface area contributed by atoms with Crippen molar-refractivity contribution in [3.8, 4) is 11.5 Å². The fourth-order valence-electron chi connectivity index (χ4n) is 3.38. The van der Waals surface area contributed by atoms with Crippen LogP contribution in [-0.4, -0.2) is 16.0 Å². The van der Waals surface area contributed by atoms with Crippen LogP contribution in [0.5, 0.6) is 11.5 Å². The summed E-state index contributed by atoms with van der Waals surface area (Å²) in [5.74, 6) is 0.0204. The summed E-state index contributed by atoms with van der Waals surface area (Å²) in [5.41, 5.74) is 1.70. The molecule has 4 rings (SSSR count). The Bertz CT molecular complexity index is 1090. The molecule has 2 atom stereocenters. The minimum atomic E-state index is -0.640. The number of phenols is 2. The Balaban J connectivity index is 1.66. The first kappa shape index (κ1) is 21.0. The molecule has 0 aliphatic heterocycles. The smallest absolute Gasteiger partial charge is 0.161 e. The van der Waals surface area contributed by atoms with Gasteiger partial charge in [-0.3, -0.25) is 4.79 Å². The number of hydrogen-bond donors (Lipinski definition) is 2. The Morgan fingerprint density at radius 2 is 1.06 bits per heavy atom. The summed E-state index contributed by atoms with van der Waals surface area (Å²) in [5, 5.41) is 19.0. The van der Waals surface area contributed by atoms with Crippen molar-refractivity contribution in [3.05, 3.63) is 120 Å². The summed E-state index contributed by atoms with van der Waals surface area (Å²) in [6.07, 6.45) is 10.3. The zero-order chi connectivity index (χ0) is 22.3. The monoisotopic (exact) mass is 426 g/mol. The third-order valence-electron chi connectivity index (χ3n) is 5.06. The van der Waals surface area contributed by atoms with Gasteiger partial charge in [0.15, 0.2) is 5.78 Å². The fraction of sp³-hybridized carbons (Fsp3) is 0.0741. The Kier molecular flexibility index (Phi) is 6.37.